The molecule has 1 aromatic carbocycles. The first-order valence-corrected chi connectivity index (χ1v) is 5.20. The fourth-order valence-corrected chi connectivity index (χ4v) is 1.25. The average molecular weight is 280 g/mol. The number of anilines is 1. The molecule has 1 rings (SSSR count). The van der Waals surface area contributed by atoms with E-state index in [9.17, 15) is 22.4 Å². The number of carbonyl (C=O) groups excluding carboxylic acids is 1. The number of esters is 1. The Hall–Kier alpha value is -1.83. The minimum absolute atomic E-state index is 0.488. The Balaban J connectivity index is 2.94. The van der Waals surface area contributed by atoms with Crippen molar-refractivity contribution in [3.8, 4) is 0 Å². The molecule has 0 atom stereocenters. The minimum Gasteiger partial charge on any atom is -0.465 e. The second kappa shape index (κ2) is 5.87. The van der Waals surface area contributed by atoms with E-state index in [1.54, 1.807) is 0 Å². The van der Waals surface area contributed by atoms with Crippen molar-refractivity contribution >= 4 is 11.7 Å². The van der Waals surface area contributed by atoms with Gasteiger partial charge in [0.05, 0.1) is 31.5 Å². The second-order valence-corrected chi connectivity index (χ2v) is 3.69. The standard InChI is InChI=1S/C11H12F4N2O2/c1-19-10(18)6-2-3-7(9(13)8(6)12)17-5-11(14,15)4-16/h2-3,17H,4-5,16H2,1H3. The largest absolute Gasteiger partial charge is 0.465 e. The van der Waals surface area contributed by atoms with Crippen molar-refractivity contribution < 1.29 is 27.1 Å². The van der Waals surface area contributed by atoms with Crippen LogP contribution in [0.4, 0.5) is 23.2 Å². The Morgan fingerprint density at radius 3 is 2.53 bits per heavy atom. The Labute approximate surface area is 106 Å². The lowest BCUT2D eigenvalue weighted by Gasteiger charge is -2.16. The van der Waals surface area contributed by atoms with E-state index in [-0.39, 0.29) is 0 Å². The molecule has 0 aliphatic rings. The number of nitrogens with two attached hydrogens (primary N) is 1. The normalized spacial score (nSPS) is 11.3. The first-order valence-electron chi connectivity index (χ1n) is 5.20. The zero-order valence-corrected chi connectivity index (χ0v) is 9.97. The van der Waals surface area contributed by atoms with E-state index in [1.807, 2.05) is 5.32 Å². The van der Waals surface area contributed by atoms with Gasteiger partial charge in [0.15, 0.2) is 11.6 Å². The Kier molecular flexibility index (Phi) is 4.71. The lowest BCUT2D eigenvalue weighted by Crippen LogP contribution is -2.35. The van der Waals surface area contributed by atoms with E-state index >= 15 is 0 Å². The maximum Gasteiger partial charge on any atom is 0.340 e. The Morgan fingerprint density at radius 1 is 1.37 bits per heavy atom. The lowest BCUT2D eigenvalue weighted by atomic mass is 10.1. The third-order valence-corrected chi connectivity index (χ3v) is 2.32. The van der Waals surface area contributed by atoms with Crippen LogP contribution in [0.1, 0.15) is 10.4 Å². The van der Waals surface area contributed by atoms with Gasteiger partial charge in [0.25, 0.3) is 5.92 Å². The highest BCUT2D eigenvalue weighted by Gasteiger charge is 2.27. The third-order valence-electron chi connectivity index (χ3n) is 2.32. The van der Waals surface area contributed by atoms with Gasteiger partial charge in [0.2, 0.25) is 0 Å². The fraction of sp³-hybridized carbons (Fsp3) is 0.364. The molecule has 0 heterocycles. The van der Waals surface area contributed by atoms with Crippen LogP contribution < -0.4 is 11.1 Å². The number of alkyl halides is 2. The number of benzene rings is 1. The molecule has 0 radical (unpaired) electrons. The molecule has 0 unspecified atom stereocenters. The first kappa shape index (κ1) is 15.2. The van der Waals surface area contributed by atoms with Crippen molar-refractivity contribution in [2.45, 2.75) is 5.92 Å². The van der Waals surface area contributed by atoms with Crippen LogP contribution in [-0.2, 0) is 4.74 Å². The summed E-state index contributed by atoms with van der Waals surface area (Å²) < 4.78 is 56.9. The zero-order valence-electron chi connectivity index (χ0n) is 9.97. The van der Waals surface area contributed by atoms with Gasteiger partial charge in [0, 0.05) is 0 Å². The van der Waals surface area contributed by atoms with Crippen LogP contribution >= 0.6 is 0 Å². The van der Waals surface area contributed by atoms with Crippen LogP contribution in [0.25, 0.3) is 0 Å². The number of methoxy groups -OCH3 is 1. The highest BCUT2D eigenvalue weighted by molar-refractivity contribution is 5.90. The number of hydrogen-bond acceptors (Lipinski definition) is 4. The van der Waals surface area contributed by atoms with Crippen LogP contribution in [0.5, 0.6) is 0 Å². The molecule has 0 fully saturated rings. The average Bonchev–Trinajstić information content (AvgIpc) is 2.39. The summed E-state index contributed by atoms with van der Waals surface area (Å²) >= 11 is 0. The van der Waals surface area contributed by atoms with E-state index in [2.05, 4.69) is 4.74 Å². The van der Waals surface area contributed by atoms with Crippen LogP contribution in [-0.4, -0.2) is 32.1 Å². The van der Waals surface area contributed by atoms with Gasteiger partial charge in [-0.05, 0) is 12.1 Å². The molecule has 0 bridgehead atoms. The quantitative estimate of drug-likeness (QED) is 0.637. The molecule has 0 spiro atoms. The van der Waals surface area contributed by atoms with Crippen LogP contribution in [0.2, 0.25) is 0 Å². The molecule has 8 heteroatoms. The number of nitrogens with one attached hydrogen (secondary N) is 1. The molecule has 4 nitrogen and oxygen atoms in total. The highest BCUT2D eigenvalue weighted by atomic mass is 19.3. The van der Waals surface area contributed by atoms with Crippen molar-refractivity contribution in [1.82, 2.24) is 0 Å². The van der Waals surface area contributed by atoms with E-state index in [0.29, 0.717) is 0 Å². The summed E-state index contributed by atoms with van der Waals surface area (Å²) in [6.07, 6.45) is 0. The van der Waals surface area contributed by atoms with Gasteiger partial charge in [-0.25, -0.2) is 22.4 Å². The van der Waals surface area contributed by atoms with Gasteiger partial charge in [0.1, 0.15) is 0 Å². The van der Waals surface area contributed by atoms with Crippen LogP contribution in [0, 0.1) is 11.6 Å². The first-order chi connectivity index (χ1) is 8.82. The SMILES string of the molecule is COC(=O)c1ccc(NCC(F)(F)CN)c(F)c1F. The lowest BCUT2D eigenvalue weighted by molar-refractivity contribution is 0.0253. The van der Waals surface area contributed by atoms with Crippen molar-refractivity contribution in [2.24, 2.45) is 5.73 Å². The van der Waals surface area contributed by atoms with Crippen molar-refractivity contribution in [3.05, 3.63) is 29.3 Å². The summed E-state index contributed by atoms with van der Waals surface area (Å²) in [6.45, 7) is -1.87. The maximum absolute atomic E-state index is 13.5. The van der Waals surface area contributed by atoms with Crippen molar-refractivity contribution in [1.29, 1.82) is 0 Å². The molecule has 0 saturated carbocycles. The molecule has 0 amide bonds. The number of halogens is 4. The molecule has 0 aliphatic carbocycles. The van der Waals surface area contributed by atoms with Crippen molar-refractivity contribution in [2.75, 3.05) is 25.5 Å². The predicted octanol–water partition coefficient (Wildman–Crippen LogP) is 1.76. The second-order valence-electron chi connectivity index (χ2n) is 3.69. The number of carbonyl (C=O) groups is 1. The Morgan fingerprint density at radius 2 is 2.00 bits per heavy atom. The maximum atomic E-state index is 13.5. The number of rotatable bonds is 5. The molecular weight excluding hydrogens is 268 g/mol. The monoisotopic (exact) mass is 280 g/mol. The molecule has 0 saturated heterocycles. The van der Waals surface area contributed by atoms with Gasteiger partial charge in [-0.15, -0.1) is 0 Å². The zero-order chi connectivity index (χ0) is 14.6. The van der Waals surface area contributed by atoms with Gasteiger partial charge in [-0.1, -0.05) is 0 Å². The highest BCUT2D eigenvalue weighted by Crippen LogP contribution is 2.22. The molecule has 19 heavy (non-hydrogen) atoms. The summed E-state index contributed by atoms with van der Waals surface area (Å²) in [4.78, 5) is 11.1. The fourth-order valence-electron chi connectivity index (χ4n) is 1.25. The van der Waals surface area contributed by atoms with E-state index in [0.717, 1.165) is 19.2 Å². The topological polar surface area (TPSA) is 64.3 Å². The van der Waals surface area contributed by atoms with Gasteiger partial charge < -0.3 is 15.8 Å². The van der Waals surface area contributed by atoms with E-state index in [1.165, 1.54) is 0 Å². The van der Waals surface area contributed by atoms with Gasteiger partial charge in [-0.3, -0.25) is 0 Å². The molecule has 3 N–H and O–H groups in total. The van der Waals surface area contributed by atoms with E-state index in [4.69, 9.17) is 5.73 Å². The van der Waals surface area contributed by atoms with Gasteiger partial charge in [-0.2, -0.15) is 0 Å². The number of hydrogen-bond donors (Lipinski definition) is 2. The number of ether oxygens (including phenoxy) is 1. The van der Waals surface area contributed by atoms with E-state index < -0.39 is 47.9 Å². The smallest absolute Gasteiger partial charge is 0.340 e. The molecule has 1 aromatic rings. The van der Waals surface area contributed by atoms with Crippen LogP contribution in [0.15, 0.2) is 12.1 Å². The molecule has 0 aliphatic heterocycles. The predicted molar refractivity (Wildman–Crippen MR) is 60.2 cm³/mol. The van der Waals surface area contributed by atoms with Gasteiger partial charge >= 0.3 is 5.97 Å². The van der Waals surface area contributed by atoms with Crippen LogP contribution in [0.3, 0.4) is 0 Å². The van der Waals surface area contributed by atoms with Crippen molar-refractivity contribution in [3.63, 3.8) is 0 Å². The minimum atomic E-state index is -3.25. The third kappa shape index (κ3) is 3.57. The Bertz CT molecular complexity index is 480. The molecule has 0 aromatic heterocycles. The summed E-state index contributed by atoms with van der Waals surface area (Å²) in [5, 5.41) is 2.03. The summed E-state index contributed by atoms with van der Waals surface area (Å²) in [6, 6.07) is 1.91. The summed E-state index contributed by atoms with van der Waals surface area (Å²) in [5.41, 5.74) is 3.70. The summed E-state index contributed by atoms with van der Waals surface area (Å²) in [7, 11) is 1.01. The summed E-state index contributed by atoms with van der Waals surface area (Å²) in [5.74, 6) is -7.21. The molecule has 106 valence electrons. The molecular formula is C11H12F4N2O2.